The summed E-state index contributed by atoms with van der Waals surface area (Å²) in [4.78, 5) is 13.1. The van der Waals surface area contributed by atoms with Crippen LogP contribution >= 0.6 is 11.8 Å². The standard InChI is InChI=1S/C12H14N4O3S/c1-15(2)12(19)20-11-14-13-10(16(11)3)8-5-4-7(17)6-9(8)18/h4-6,17-18H,1-3H3. The van der Waals surface area contributed by atoms with Crippen LogP contribution in [0.3, 0.4) is 0 Å². The molecule has 0 aliphatic heterocycles. The number of aromatic nitrogens is 3. The maximum Gasteiger partial charge on any atom is 0.288 e. The Bertz CT molecular complexity index is 654. The van der Waals surface area contributed by atoms with Gasteiger partial charge in [-0.15, -0.1) is 10.2 Å². The van der Waals surface area contributed by atoms with Gasteiger partial charge in [0, 0.05) is 39.0 Å². The molecule has 8 heteroatoms. The highest BCUT2D eigenvalue weighted by Gasteiger charge is 2.17. The molecule has 0 saturated heterocycles. The number of carbonyl (C=O) groups is 1. The molecule has 0 aliphatic rings. The number of nitrogens with zero attached hydrogens (tertiary/aromatic N) is 4. The van der Waals surface area contributed by atoms with Crippen LogP contribution < -0.4 is 0 Å². The molecule has 0 unspecified atom stereocenters. The van der Waals surface area contributed by atoms with Crippen LogP contribution in [0.15, 0.2) is 23.4 Å². The van der Waals surface area contributed by atoms with Crippen molar-refractivity contribution < 1.29 is 15.0 Å². The molecule has 1 aromatic carbocycles. The summed E-state index contributed by atoms with van der Waals surface area (Å²) in [7, 11) is 5.00. The number of thioether (sulfide) groups is 1. The van der Waals surface area contributed by atoms with E-state index >= 15 is 0 Å². The number of aromatic hydroxyl groups is 2. The van der Waals surface area contributed by atoms with Crippen molar-refractivity contribution in [3.63, 3.8) is 0 Å². The Morgan fingerprint density at radius 1 is 1.30 bits per heavy atom. The second kappa shape index (κ2) is 5.41. The van der Waals surface area contributed by atoms with Gasteiger partial charge in [0.25, 0.3) is 5.24 Å². The Balaban J connectivity index is 2.35. The van der Waals surface area contributed by atoms with Crippen molar-refractivity contribution in [2.24, 2.45) is 7.05 Å². The predicted octanol–water partition coefficient (Wildman–Crippen LogP) is 1.67. The molecule has 1 aromatic heterocycles. The van der Waals surface area contributed by atoms with Gasteiger partial charge >= 0.3 is 0 Å². The summed E-state index contributed by atoms with van der Waals surface area (Å²) >= 11 is 0.948. The van der Waals surface area contributed by atoms with Crippen LogP contribution in [0.5, 0.6) is 11.5 Å². The molecule has 0 saturated carbocycles. The van der Waals surface area contributed by atoms with Crippen LogP contribution in [0.4, 0.5) is 4.79 Å². The van der Waals surface area contributed by atoms with Crippen LogP contribution in [0.2, 0.25) is 0 Å². The quantitative estimate of drug-likeness (QED) is 0.819. The van der Waals surface area contributed by atoms with Crippen LogP contribution in [-0.2, 0) is 7.05 Å². The lowest BCUT2D eigenvalue weighted by Gasteiger charge is -2.09. The molecule has 7 nitrogen and oxygen atoms in total. The van der Waals surface area contributed by atoms with Crippen LogP contribution in [-0.4, -0.2) is 49.2 Å². The summed E-state index contributed by atoms with van der Waals surface area (Å²) in [6.07, 6.45) is 0. The monoisotopic (exact) mass is 294 g/mol. The fourth-order valence-corrected chi connectivity index (χ4v) is 2.16. The van der Waals surface area contributed by atoms with Gasteiger partial charge in [0.05, 0.1) is 5.56 Å². The van der Waals surface area contributed by atoms with E-state index < -0.39 is 0 Å². The zero-order valence-electron chi connectivity index (χ0n) is 11.2. The number of benzene rings is 1. The average Bonchev–Trinajstić information content (AvgIpc) is 2.71. The minimum absolute atomic E-state index is 0.0363. The van der Waals surface area contributed by atoms with Gasteiger partial charge in [0.1, 0.15) is 11.5 Å². The second-order valence-electron chi connectivity index (χ2n) is 4.33. The van der Waals surface area contributed by atoms with E-state index in [1.807, 2.05) is 0 Å². The number of phenols is 2. The van der Waals surface area contributed by atoms with E-state index in [1.165, 1.54) is 23.1 Å². The zero-order valence-corrected chi connectivity index (χ0v) is 12.0. The lowest BCUT2D eigenvalue weighted by molar-refractivity contribution is 0.241. The van der Waals surface area contributed by atoms with Gasteiger partial charge in [0.15, 0.2) is 5.82 Å². The van der Waals surface area contributed by atoms with Crippen LogP contribution in [0.1, 0.15) is 0 Å². The molecule has 0 radical (unpaired) electrons. The Labute approximate surface area is 119 Å². The molecule has 106 valence electrons. The zero-order chi connectivity index (χ0) is 14.9. The maximum absolute atomic E-state index is 11.6. The van der Waals surface area contributed by atoms with Crippen LogP contribution in [0, 0.1) is 0 Å². The minimum atomic E-state index is -0.165. The second-order valence-corrected chi connectivity index (χ2v) is 5.25. The first-order chi connectivity index (χ1) is 9.40. The molecule has 2 rings (SSSR count). The smallest absolute Gasteiger partial charge is 0.288 e. The Kier molecular flexibility index (Phi) is 3.84. The van der Waals surface area contributed by atoms with Crippen LogP contribution in [0.25, 0.3) is 11.4 Å². The molecule has 2 aromatic rings. The molecule has 0 spiro atoms. The van der Waals surface area contributed by atoms with Gasteiger partial charge in [-0.25, -0.2) is 0 Å². The first kappa shape index (κ1) is 14.2. The number of hydrogen-bond donors (Lipinski definition) is 2. The van der Waals surface area contributed by atoms with E-state index in [4.69, 9.17) is 0 Å². The van der Waals surface area contributed by atoms with Gasteiger partial charge in [0.2, 0.25) is 5.16 Å². The van der Waals surface area contributed by atoms with Gasteiger partial charge in [-0.1, -0.05) is 0 Å². The lowest BCUT2D eigenvalue weighted by Crippen LogP contribution is -2.16. The van der Waals surface area contributed by atoms with E-state index in [9.17, 15) is 15.0 Å². The third kappa shape index (κ3) is 2.69. The van der Waals surface area contributed by atoms with Crippen molar-refractivity contribution in [1.29, 1.82) is 0 Å². The minimum Gasteiger partial charge on any atom is -0.508 e. The third-order valence-corrected chi connectivity index (χ3v) is 3.68. The normalized spacial score (nSPS) is 10.6. The molecule has 2 N–H and O–H groups in total. The van der Waals surface area contributed by atoms with Crippen molar-refractivity contribution in [3.05, 3.63) is 18.2 Å². The maximum atomic E-state index is 11.6. The molecule has 1 amide bonds. The van der Waals surface area contributed by atoms with E-state index in [1.54, 1.807) is 25.7 Å². The summed E-state index contributed by atoms with van der Waals surface area (Å²) in [5.74, 6) is 0.276. The summed E-state index contributed by atoms with van der Waals surface area (Å²) in [5.41, 5.74) is 0.432. The van der Waals surface area contributed by atoms with Gasteiger partial charge in [-0.3, -0.25) is 4.79 Å². The van der Waals surface area contributed by atoms with Gasteiger partial charge < -0.3 is 19.7 Å². The fourth-order valence-electron chi connectivity index (χ4n) is 1.52. The topological polar surface area (TPSA) is 91.5 Å². The summed E-state index contributed by atoms with van der Waals surface area (Å²) in [5, 5.41) is 27.3. The van der Waals surface area contributed by atoms with E-state index in [-0.39, 0.29) is 16.7 Å². The van der Waals surface area contributed by atoms with Crippen molar-refractivity contribution in [3.8, 4) is 22.9 Å². The Morgan fingerprint density at radius 2 is 2.00 bits per heavy atom. The summed E-state index contributed by atoms with van der Waals surface area (Å²) in [6, 6.07) is 4.21. The highest BCUT2D eigenvalue weighted by atomic mass is 32.2. The van der Waals surface area contributed by atoms with Crippen molar-refractivity contribution >= 4 is 17.0 Å². The van der Waals surface area contributed by atoms with Crippen molar-refractivity contribution in [2.75, 3.05) is 14.1 Å². The molecule has 1 heterocycles. The summed E-state index contributed by atoms with van der Waals surface area (Å²) in [6.45, 7) is 0. The van der Waals surface area contributed by atoms with E-state index in [2.05, 4.69) is 10.2 Å². The van der Waals surface area contributed by atoms with Crippen molar-refractivity contribution in [2.45, 2.75) is 5.16 Å². The van der Waals surface area contributed by atoms with E-state index in [0.717, 1.165) is 11.8 Å². The SMILES string of the molecule is CN(C)C(=O)Sc1nnc(-c2ccc(O)cc2O)n1C. The molecule has 0 fully saturated rings. The van der Waals surface area contributed by atoms with Gasteiger partial charge in [-0.2, -0.15) is 0 Å². The molecule has 20 heavy (non-hydrogen) atoms. The molecule has 0 bridgehead atoms. The summed E-state index contributed by atoms with van der Waals surface area (Å²) < 4.78 is 1.61. The fraction of sp³-hybridized carbons (Fsp3) is 0.250. The average molecular weight is 294 g/mol. The number of amides is 1. The van der Waals surface area contributed by atoms with E-state index in [0.29, 0.717) is 16.5 Å². The third-order valence-electron chi connectivity index (χ3n) is 2.60. The van der Waals surface area contributed by atoms with Gasteiger partial charge in [-0.05, 0) is 12.1 Å². The highest BCUT2D eigenvalue weighted by Crippen LogP contribution is 2.32. The molecular weight excluding hydrogens is 280 g/mol. The number of carbonyl (C=O) groups excluding carboxylic acids is 1. The predicted molar refractivity (Wildman–Crippen MR) is 74.7 cm³/mol. The number of phenolic OH excluding ortho intramolecular Hbond substituents is 2. The van der Waals surface area contributed by atoms with Crippen molar-refractivity contribution in [1.82, 2.24) is 19.7 Å². The Hall–Kier alpha value is -2.22. The molecule has 0 atom stereocenters. The Morgan fingerprint density at radius 3 is 2.60 bits per heavy atom. The molecular formula is C12H14N4O3S. The first-order valence-electron chi connectivity index (χ1n) is 5.71. The first-order valence-corrected chi connectivity index (χ1v) is 6.52. The number of rotatable bonds is 2. The molecule has 0 aliphatic carbocycles. The number of hydrogen-bond acceptors (Lipinski definition) is 6. The highest BCUT2D eigenvalue weighted by molar-refractivity contribution is 8.13. The largest absolute Gasteiger partial charge is 0.508 e. The lowest BCUT2D eigenvalue weighted by atomic mass is 10.2.